The molecule has 2 rings (SSSR count). The normalized spacial score (nSPS) is 22.1. The number of esters is 1. The Hall–Kier alpha value is -1.04. The number of ether oxygens (including phenoxy) is 1. The highest BCUT2D eigenvalue weighted by Crippen LogP contribution is 2.28. The highest BCUT2D eigenvalue weighted by molar-refractivity contribution is 5.87. The Morgan fingerprint density at radius 3 is 2.85 bits per heavy atom. The van der Waals surface area contributed by atoms with E-state index in [2.05, 4.69) is 28.5 Å². The van der Waals surface area contributed by atoms with E-state index in [9.17, 15) is 4.79 Å². The molecule has 0 saturated carbocycles. The fourth-order valence-electron chi connectivity index (χ4n) is 2.62. The topological polar surface area (TPSA) is 71.3 Å². The average Bonchev–Trinajstić information content (AvgIpc) is 2.81. The molecule has 0 aromatic carbocycles. The summed E-state index contributed by atoms with van der Waals surface area (Å²) in [5.41, 5.74) is 7.81. The first-order chi connectivity index (χ1) is 8.92. The number of hydrogen-bond donors (Lipinski definition) is 2. The van der Waals surface area contributed by atoms with Crippen molar-refractivity contribution < 1.29 is 9.53 Å². The number of aromatic nitrogens is 1. The molecule has 0 radical (unpaired) electrons. The molecule has 1 aromatic heterocycles. The quantitative estimate of drug-likeness (QED) is 0.835. The van der Waals surface area contributed by atoms with Gasteiger partial charge in [-0.05, 0) is 24.0 Å². The first-order valence-electron chi connectivity index (χ1n) is 6.66. The first-order valence-corrected chi connectivity index (χ1v) is 6.66. The summed E-state index contributed by atoms with van der Waals surface area (Å²) in [7, 11) is 1.39. The average molecular weight is 302 g/mol. The summed E-state index contributed by atoms with van der Waals surface area (Å²) in [6, 6.07) is 3.97. The Labute approximate surface area is 126 Å². The fraction of sp³-hybridized carbons (Fsp3) is 0.643. The number of likely N-dealkylation sites (tertiary alicyclic amines) is 1. The Kier molecular flexibility index (Phi) is 5.62. The maximum Gasteiger partial charge on any atom is 0.354 e. The number of carbonyl (C=O) groups excluding carboxylic acids is 1. The smallest absolute Gasteiger partial charge is 0.354 e. The largest absolute Gasteiger partial charge is 0.464 e. The van der Waals surface area contributed by atoms with Crippen molar-refractivity contribution in [2.75, 3.05) is 20.2 Å². The van der Waals surface area contributed by atoms with Crippen molar-refractivity contribution in [3.63, 3.8) is 0 Å². The number of rotatable bonds is 3. The number of hydrogen-bond acceptors (Lipinski definition) is 4. The van der Waals surface area contributed by atoms with Crippen molar-refractivity contribution in [1.29, 1.82) is 0 Å². The van der Waals surface area contributed by atoms with Crippen LogP contribution in [0, 0.1) is 5.41 Å². The van der Waals surface area contributed by atoms with Gasteiger partial charge >= 0.3 is 5.97 Å². The molecular weight excluding hydrogens is 278 g/mol. The number of nitrogens with one attached hydrogen (secondary N) is 1. The minimum atomic E-state index is -0.327. The van der Waals surface area contributed by atoms with Crippen LogP contribution in [0.15, 0.2) is 12.1 Å². The maximum atomic E-state index is 11.4. The number of halogens is 1. The Morgan fingerprint density at radius 2 is 2.25 bits per heavy atom. The van der Waals surface area contributed by atoms with Crippen LogP contribution in [0.2, 0.25) is 0 Å². The molecule has 0 amide bonds. The van der Waals surface area contributed by atoms with Crippen molar-refractivity contribution in [1.82, 2.24) is 9.88 Å². The summed E-state index contributed by atoms with van der Waals surface area (Å²) in [6.07, 6.45) is 1.01. The monoisotopic (exact) mass is 301 g/mol. The summed E-state index contributed by atoms with van der Waals surface area (Å²) >= 11 is 0. The molecule has 1 aliphatic rings. The predicted octanol–water partition coefficient (Wildman–Crippen LogP) is 1.78. The lowest BCUT2D eigenvalue weighted by atomic mass is 9.80. The van der Waals surface area contributed by atoms with Gasteiger partial charge < -0.3 is 15.5 Å². The lowest BCUT2D eigenvalue weighted by molar-refractivity contribution is 0.0593. The molecule has 1 aromatic rings. The predicted molar refractivity (Wildman–Crippen MR) is 81.0 cm³/mol. The van der Waals surface area contributed by atoms with Gasteiger partial charge in [0.1, 0.15) is 5.69 Å². The molecule has 1 aliphatic heterocycles. The van der Waals surface area contributed by atoms with Crippen LogP contribution in [0.25, 0.3) is 0 Å². The minimum absolute atomic E-state index is 0. The summed E-state index contributed by atoms with van der Waals surface area (Å²) in [6.45, 7) is 7.20. The maximum absolute atomic E-state index is 11.4. The molecule has 0 spiro atoms. The molecule has 1 unspecified atom stereocenters. The SMILES string of the molecule is COC(=O)c1ccc(CN2CCC(N)C(C)(C)C2)[nH]1.Cl. The molecule has 6 heteroatoms. The molecule has 1 atom stereocenters. The van der Waals surface area contributed by atoms with E-state index < -0.39 is 0 Å². The van der Waals surface area contributed by atoms with Crippen LogP contribution in [0.1, 0.15) is 36.5 Å². The van der Waals surface area contributed by atoms with Crippen LogP contribution in [-0.2, 0) is 11.3 Å². The molecule has 0 bridgehead atoms. The number of nitrogens with two attached hydrogens (primary N) is 1. The van der Waals surface area contributed by atoms with Gasteiger partial charge in [-0.15, -0.1) is 12.4 Å². The van der Waals surface area contributed by atoms with Crippen molar-refractivity contribution in [2.45, 2.75) is 32.9 Å². The number of aromatic amines is 1. The van der Waals surface area contributed by atoms with Gasteiger partial charge in [0, 0.05) is 31.4 Å². The minimum Gasteiger partial charge on any atom is -0.464 e. The van der Waals surface area contributed by atoms with E-state index in [1.807, 2.05) is 6.07 Å². The Bertz CT molecular complexity index is 459. The van der Waals surface area contributed by atoms with Crippen LogP contribution < -0.4 is 5.73 Å². The summed E-state index contributed by atoms with van der Waals surface area (Å²) in [5.74, 6) is -0.327. The second kappa shape index (κ2) is 6.61. The zero-order valence-electron chi connectivity index (χ0n) is 12.3. The summed E-state index contributed by atoms with van der Waals surface area (Å²) in [5, 5.41) is 0. The van der Waals surface area contributed by atoms with Gasteiger partial charge in [-0.3, -0.25) is 4.90 Å². The van der Waals surface area contributed by atoms with Gasteiger partial charge in [-0.2, -0.15) is 0 Å². The van der Waals surface area contributed by atoms with Gasteiger partial charge in [0.05, 0.1) is 7.11 Å². The van der Waals surface area contributed by atoms with Gasteiger partial charge in [0.2, 0.25) is 0 Å². The third-order valence-electron chi connectivity index (χ3n) is 3.94. The van der Waals surface area contributed by atoms with Gasteiger partial charge in [0.25, 0.3) is 0 Å². The van der Waals surface area contributed by atoms with E-state index in [-0.39, 0.29) is 29.8 Å². The Balaban J connectivity index is 0.00000200. The number of carbonyl (C=O) groups is 1. The van der Waals surface area contributed by atoms with E-state index in [1.165, 1.54) is 7.11 Å². The second-order valence-electron chi connectivity index (χ2n) is 5.98. The molecule has 0 aliphatic carbocycles. The van der Waals surface area contributed by atoms with E-state index in [0.29, 0.717) is 5.69 Å². The van der Waals surface area contributed by atoms with Crippen molar-refractivity contribution in [3.8, 4) is 0 Å². The highest BCUT2D eigenvalue weighted by atomic mass is 35.5. The first kappa shape index (κ1) is 17.0. The zero-order valence-corrected chi connectivity index (χ0v) is 13.1. The van der Waals surface area contributed by atoms with Crippen molar-refractivity contribution in [2.24, 2.45) is 11.1 Å². The van der Waals surface area contributed by atoms with Crippen molar-refractivity contribution in [3.05, 3.63) is 23.5 Å². The molecule has 5 nitrogen and oxygen atoms in total. The van der Waals surface area contributed by atoms with Crippen LogP contribution in [0.3, 0.4) is 0 Å². The van der Waals surface area contributed by atoms with Crippen LogP contribution in [-0.4, -0.2) is 42.1 Å². The van der Waals surface area contributed by atoms with Gasteiger partial charge in [-0.1, -0.05) is 13.8 Å². The molecule has 114 valence electrons. The van der Waals surface area contributed by atoms with E-state index in [4.69, 9.17) is 5.73 Å². The standard InChI is InChI=1S/C14H23N3O2.ClH/c1-14(2)9-17(7-6-12(14)15)8-10-4-5-11(16-10)13(18)19-3;/h4-5,12,16H,6-9,15H2,1-3H3;1H. The van der Waals surface area contributed by atoms with Crippen LogP contribution in [0.4, 0.5) is 0 Å². The molecular formula is C14H24ClN3O2. The molecule has 20 heavy (non-hydrogen) atoms. The van der Waals surface area contributed by atoms with E-state index in [0.717, 1.165) is 31.7 Å². The van der Waals surface area contributed by atoms with Crippen LogP contribution in [0.5, 0.6) is 0 Å². The lowest BCUT2D eigenvalue weighted by Gasteiger charge is -2.42. The molecule has 1 saturated heterocycles. The summed E-state index contributed by atoms with van der Waals surface area (Å²) in [4.78, 5) is 16.9. The lowest BCUT2D eigenvalue weighted by Crippen LogP contribution is -2.52. The number of nitrogens with zero attached hydrogens (tertiary/aromatic N) is 1. The van der Waals surface area contributed by atoms with Gasteiger partial charge in [-0.25, -0.2) is 4.79 Å². The molecule has 3 N–H and O–H groups in total. The zero-order chi connectivity index (χ0) is 14.0. The number of piperidine rings is 1. The second-order valence-corrected chi connectivity index (χ2v) is 5.98. The van der Waals surface area contributed by atoms with Crippen molar-refractivity contribution >= 4 is 18.4 Å². The number of methoxy groups -OCH3 is 1. The fourth-order valence-corrected chi connectivity index (χ4v) is 2.62. The summed E-state index contributed by atoms with van der Waals surface area (Å²) < 4.78 is 4.69. The Morgan fingerprint density at radius 1 is 1.55 bits per heavy atom. The highest BCUT2D eigenvalue weighted by Gasteiger charge is 2.33. The number of H-pyrrole nitrogens is 1. The third-order valence-corrected chi connectivity index (χ3v) is 3.94. The van der Waals surface area contributed by atoms with Gasteiger partial charge in [0.15, 0.2) is 0 Å². The van der Waals surface area contributed by atoms with Crippen LogP contribution >= 0.6 is 12.4 Å². The third kappa shape index (κ3) is 3.75. The molecule has 1 fully saturated rings. The van der Waals surface area contributed by atoms with E-state index >= 15 is 0 Å². The van der Waals surface area contributed by atoms with E-state index in [1.54, 1.807) is 6.07 Å². The molecule has 2 heterocycles.